The Morgan fingerprint density at radius 2 is 2.11 bits per heavy atom. The molecule has 18 heavy (non-hydrogen) atoms. The van der Waals surface area contributed by atoms with Gasteiger partial charge >= 0.3 is 0 Å². The number of rotatable bonds is 9. The van der Waals surface area contributed by atoms with E-state index in [1.165, 1.54) is 12.0 Å². The quantitative estimate of drug-likeness (QED) is 0.462. The van der Waals surface area contributed by atoms with Crippen LogP contribution in [0.4, 0.5) is 0 Å². The van der Waals surface area contributed by atoms with Gasteiger partial charge in [-0.05, 0) is 42.9 Å². The number of benzene rings is 1. The van der Waals surface area contributed by atoms with Crippen LogP contribution in [0.1, 0.15) is 31.7 Å². The minimum Gasteiger partial charge on any atom is -0.381 e. The van der Waals surface area contributed by atoms with Crippen molar-refractivity contribution in [3.8, 4) is 0 Å². The Kier molecular flexibility index (Phi) is 8.49. The third kappa shape index (κ3) is 6.63. The summed E-state index contributed by atoms with van der Waals surface area (Å²) in [6.07, 6.45) is 4.31. The van der Waals surface area contributed by atoms with E-state index in [0.29, 0.717) is 11.8 Å². The van der Waals surface area contributed by atoms with Gasteiger partial charge in [-0.2, -0.15) is 0 Å². The highest BCUT2D eigenvalue weighted by atomic mass is 35.5. The average molecular weight is 289 g/mol. The molecule has 1 rings (SSSR count). The summed E-state index contributed by atoms with van der Waals surface area (Å²) in [6, 6.07) is 8.00. The first-order chi connectivity index (χ1) is 8.76. The molecule has 0 bridgehead atoms. The molecule has 102 valence electrons. The molecule has 0 spiro atoms. The van der Waals surface area contributed by atoms with Gasteiger partial charge in [0.05, 0.1) is 0 Å². The molecule has 0 fully saturated rings. The predicted molar refractivity (Wildman–Crippen MR) is 79.7 cm³/mol. The summed E-state index contributed by atoms with van der Waals surface area (Å²) in [5.74, 6) is 1.13. The second kappa shape index (κ2) is 9.66. The number of unbranched alkanes of at least 4 members (excludes halogenated alkanes) is 1. The van der Waals surface area contributed by atoms with E-state index in [1.807, 2.05) is 18.2 Å². The number of alkyl halides is 1. The molecule has 0 radical (unpaired) electrons. The fraction of sp³-hybridized carbons (Fsp3) is 0.600. The molecule has 0 saturated carbocycles. The molecule has 0 amide bonds. The highest BCUT2D eigenvalue weighted by molar-refractivity contribution is 6.30. The highest BCUT2D eigenvalue weighted by Crippen LogP contribution is 2.17. The van der Waals surface area contributed by atoms with Gasteiger partial charge in [0.2, 0.25) is 0 Å². The minimum atomic E-state index is 0.465. The smallest absolute Gasteiger partial charge is 0.0469 e. The lowest BCUT2D eigenvalue weighted by Gasteiger charge is -2.14. The SMILES string of the molecule is CCCCOCCC(CCl)Cc1cccc(Cl)c1. The number of hydrogen-bond acceptors (Lipinski definition) is 1. The summed E-state index contributed by atoms with van der Waals surface area (Å²) >= 11 is 12.0. The molecule has 1 unspecified atom stereocenters. The molecule has 1 nitrogen and oxygen atoms in total. The molecule has 1 aromatic carbocycles. The van der Waals surface area contributed by atoms with Crippen LogP contribution in [0.5, 0.6) is 0 Å². The van der Waals surface area contributed by atoms with E-state index >= 15 is 0 Å². The molecule has 0 N–H and O–H groups in total. The number of hydrogen-bond donors (Lipinski definition) is 0. The lowest BCUT2D eigenvalue weighted by molar-refractivity contribution is 0.119. The molecule has 1 atom stereocenters. The predicted octanol–water partition coefficient (Wildman–Crippen LogP) is 4.94. The average Bonchev–Trinajstić information content (AvgIpc) is 2.37. The topological polar surface area (TPSA) is 9.23 Å². The van der Waals surface area contributed by atoms with Crippen molar-refractivity contribution in [1.82, 2.24) is 0 Å². The summed E-state index contributed by atoms with van der Waals surface area (Å²) < 4.78 is 5.58. The molecule has 1 aromatic rings. The van der Waals surface area contributed by atoms with Crippen molar-refractivity contribution in [3.05, 3.63) is 34.9 Å². The molecule has 0 aromatic heterocycles. The molecule has 0 saturated heterocycles. The van der Waals surface area contributed by atoms with Crippen LogP contribution >= 0.6 is 23.2 Å². The van der Waals surface area contributed by atoms with E-state index in [1.54, 1.807) is 0 Å². The molecule has 0 aliphatic carbocycles. The van der Waals surface area contributed by atoms with Gasteiger partial charge in [0, 0.05) is 24.1 Å². The van der Waals surface area contributed by atoms with Gasteiger partial charge in [-0.15, -0.1) is 11.6 Å². The number of ether oxygens (including phenoxy) is 1. The molecular formula is C15H22Cl2O. The summed E-state index contributed by atoms with van der Waals surface area (Å²) in [5.41, 5.74) is 1.25. The van der Waals surface area contributed by atoms with Crippen LogP contribution in [0, 0.1) is 5.92 Å². The van der Waals surface area contributed by atoms with E-state index < -0.39 is 0 Å². The monoisotopic (exact) mass is 288 g/mol. The third-order valence-electron chi connectivity index (χ3n) is 2.94. The van der Waals surface area contributed by atoms with Gasteiger partial charge < -0.3 is 4.74 Å². The second-order valence-electron chi connectivity index (χ2n) is 4.61. The van der Waals surface area contributed by atoms with Gasteiger partial charge in [-0.3, -0.25) is 0 Å². The van der Waals surface area contributed by atoms with Crippen LogP contribution in [0.15, 0.2) is 24.3 Å². The van der Waals surface area contributed by atoms with Gasteiger partial charge in [-0.1, -0.05) is 37.1 Å². The van der Waals surface area contributed by atoms with Gasteiger partial charge in [-0.25, -0.2) is 0 Å². The zero-order valence-electron chi connectivity index (χ0n) is 11.0. The molecule has 0 aliphatic heterocycles. The van der Waals surface area contributed by atoms with Gasteiger partial charge in [0.25, 0.3) is 0 Å². The highest BCUT2D eigenvalue weighted by Gasteiger charge is 2.09. The van der Waals surface area contributed by atoms with Crippen molar-refractivity contribution in [2.24, 2.45) is 5.92 Å². The van der Waals surface area contributed by atoms with Crippen molar-refractivity contribution in [2.75, 3.05) is 19.1 Å². The summed E-state index contributed by atoms with van der Waals surface area (Å²) in [7, 11) is 0. The van der Waals surface area contributed by atoms with Crippen molar-refractivity contribution in [1.29, 1.82) is 0 Å². The van der Waals surface area contributed by atoms with Crippen LogP contribution in [0.2, 0.25) is 5.02 Å². The van der Waals surface area contributed by atoms with Crippen LogP contribution in [-0.4, -0.2) is 19.1 Å². The Bertz CT molecular complexity index is 328. The van der Waals surface area contributed by atoms with Crippen molar-refractivity contribution >= 4 is 23.2 Å². The van der Waals surface area contributed by atoms with Crippen LogP contribution in [0.3, 0.4) is 0 Å². The summed E-state index contributed by atoms with van der Waals surface area (Å²) in [6.45, 7) is 3.84. The van der Waals surface area contributed by atoms with Crippen LogP contribution < -0.4 is 0 Å². The fourth-order valence-electron chi connectivity index (χ4n) is 1.83. The summed E-state index contributed by atoms with van der Waals surface area (Å²) in [5, 5.41) is 0.792. The Labute approximate surface area is 120 Å². The van der Waals surface area contributed by atoms with Gasteiger partial charge in [0.1, 0.15) is 0 Å². The maximum atomic E-state index is 6.01. The Hall–Kier alpha value is -0.240. The molecule has 0 heterocycles. The zero-order valence-corrected chi connectivity index (χ0v) is 12.5. The standard InChI is InChI=1S/C15H22Cl2O/c1-2-3-8-18-9-7-14(12-16)10-13-5-4-6-15(17)11-13/h4-6,11,14H,2-3,7-10,12H2,1H3. The van der Waals surface area contributed by atoms with E-state index in [9.17, 15) is 0 Å². The first kappa shape index (κ1) is 15.8. The van der Waals surface area contributed by atoms with Crippen molar-refractivity contribution in [2.45, 2.75) is 32.6 Å². The van der Waals surface area contributed by atoms with Crippen molar-refractivity contribution < 1.29 is 4.74 Å². The molecule has 0 aliphatic rings. The first-order valence-corrected chi connectivity index (χ1v) is 7.55. The molecule has 3 heteroatoms. The van der Waals surface area contributed by atoms with Gasteiger partial charge in [0.15, 0.2) is 0 Å². The van der Waals surface area contributed by atoms with Crippen molar-refractivity contribution in [3.63, 3.8) is 0 Å². The lowest BCUT2D eigenvalue weighted by Crippen LogP contribution is -2.10. The van der Waals surface area contributed by atoms with E-state index in [4.69, 9.17) is 27.9 Å². The normalized spacial score (nSPS) is 12.6. The first-order valence-electron chi connectivity index (χ1n) is 6.64. The Balaban J connectivity index is 2.28. The van der Waals surface area contributed by atoms with Crippen LogP contribution in [0.25, 0.3) is 0 Å². The summed E-state index contributed by atoms with van der Waals surface area (Å²) in [4.78, 5) is 0. The van der Waals surface area contributed by atoms with Crippen LogP contribution in [-0.2, 0) is 11.2 Å². The fourth-order valence-corrected chi connectivity index (χ4v) is 2.31. The van der Waals surface area contributed by atoms with E-state index in [-0.39, 0.29) is 0 Å². The lowest BCUT2D eigenvalue weighted by atomic mass is 9.98. The minimum absolute atomic E-state index is 0.465. The number of halogens is 2. The maximum Gasteiger partial charge on any atom is 0.0469 e. The van der Waals surface area contributed by atoms with E-state index in [0.717, 1.165) is 37.5 Å². The Morgan fingerprint density at radius 3 is 2.78 bits per heavy atom. The third-order valence-corrected chi connectivity index (χ3v) is 3.62. The second-order valence-corrected chi connectivity index (χ2v) is 5.35. The Morgan fingerprint density at radius 1 is 1.28 bits per heavy atom. The maximum absolute atomic E-state index is 6.01. The molecular weight excluding hydrogens is 267 g/mol. The largest absolute Gasteiger partial charge is 0.381 e. The van der Waals surface area contributed by atoms with E-state index in [2.05, 4.69) is 13.0 Å². The zero-order chi connectivity index (χ0) is 13.2.